The van der Waals surface area contributed by atoms with Crippen molar-refractivity contribution in [3.05, 3.63) is 35.3 Å². The molecule has 122 valence electrons. The predicted octanol–water partition coefficient (Wildman–Crippen LogP) is 2.99. The fraction of sp³-hybridized carbons (Fsp3) is 0.467. The van der Waals surface area contributed by atoms with Crippen molar-refractivity contribution in [3.63, 3.8) is 0 Å². The van der Waals surface area contributed by atoms with E-state index in [1.165, 1.54) is 0 Å². The van der Waals surface area contributed by atoms with Crippen LogP contribution in [0.1, 0.15) is 12.8 Å². The van der Waals surface area contributed by atoms with Gasteiger partial charge in [0.25, 0.3) is 0 Å². The summed E-state index contributed by atoms with van der Waals surface area (Å²) in [6.45, 7) is 6.61. The maximum absolute atomic E-state index is 12.1. The lowest BCUT2D eigenvalue weighted by Gasteiger charge is -2.29. The Labute approximate surface area is 140 Å². The SMILES string of the molecule is C=CCCCS(=O)(=O)Nc1cc(N2CCOCC2)ccc1Br. The standard InChI is InChI=1S/C15H21BrN2O3S/c1-2-3-4-11-22(19,20)17-15-12-13(5-6-14(15)16)18-7-9-21-10-8-18/h2,5-6,12,17H,1,3-4,7-11H2. The summed E-state index contributed by atoms with van der Waals surface area (Å²) in [5, 5.41) is 0. The Hall–Kier alpha value is -1.05. The van der Waals surface area contributed by atoms with E-state index in [0.29, 0.717) is 31.7 Å². The number of anilines is 2. The molecule has 0 amide bonds. The number of morpholine rings is 1. The van der Waals surface area contributed by atoms with Gasteiger partial charge in [0.05, 0.1) is 24.7 Å². The van der Waals surface area contributed by atoms with E-state index < -0.39 is 10.0 Å². The number of nitrogens with one attached hydrogen (secondary N) is 1. The van der Waals surface area contributed by atoms with Gasteiger partial charge in [-0.15, -0.1) is 6.58 Å². The number of allylic oxidation sites excluding steroid dienone is 1. The number of benzene rings is 1. The van der Waals surface area contributed by atoms with Crippen LogP contribution in [0, 0.1) is 0 Å². The van der Waals surface area contributed by atoms with E-state index in [-0.39, 0.29) is 5.75 Å². The van der Waals surface area contributed by atoms with Gasteiger partial charge in [0.15, 0.2) is 0 Å². The van der Waals surface area contributed by atoms with E-state index in [2.05, 4.69) is 32.1 Å². The summed E-state index contributed by atoms with van der Waals surface area (Å²) >= 11 is 3.40. The van der Waals surface area contributed by atoms with E-state index in [0.717, 1.165) is 23.2 Å². The molecule has 0 aliphatic carbocycles. The van der Waals surface area contributed by atoms with Crippen molar-refractivity contribution >= 4 is 37.3 Å². The van der Waals surface area contributed by atoms with Crippen molar-refractivity contribution in [3.8, 4) is 0 Å². The van der Waals surface area contributed by atoms with Crippen molar-refractivity contribution in [1.82, 2.24) is 0 Å². The molecule has 2 rings (SSSR count). The van der Waals surface area contributed by atoms with Gasteiger partial charge in [-0.25, -0.2) is 8.42 Å². The van der Waals surface area contributed by atoms with Crippen molar-refractivity contribution in [2.24, 2.45) is 0 Å². The molecule has 5 nitrogen and oxygen atoms in total. The summed E-state index contributed by atoms with van der Waals surface area (Å²) < 4.78 is 33.0. The van der Waals surface area contributed by atoms with Gasteiger partial charge in [0.2, 0.25) is 10.0 Å². The first-order chi connectivity index (χ1) is 10.5. The second-order valence-electron chi connectivity index (χ2n) is 5.12. The number of hydrogen-bond donors (Lipinski definition) is 1. The number of hydrogen-bond acceptors (Lipinski definition) is 4. The average molecular weight is 389 g/mol. The van der Waals surface area contributed by atoms with E-state index in [1.54, 1.807) is 6.08 Å². The van der Waals surface area contributed by atoms with Crippen molar-refractivity contribution < 1.29 is 13.2 Å². The van der Waals surface area contributed by atoms with E-state index in [1.807, 2.05) is 18.2 Å². The fourth-order valence-corrected chi connectivity index (χ4v) is 3.88. The highest BCUT2D eigenvalue weighted by molar-refractivity contribution is 9.10. The Kier molecular flexibility index (Phi) is 6.28. The molecule has 0 unspecified atom stereocenters. The minimum atomic E-state index is -3.35. The number of unbranched alkanes of at least 4 members (excludes halogenated alkanes) is 1. The summed E-state index contributed by atoms with van der Waals surface area (Å²) in [6, 6.07) is 5.71. The Balaban J connectivity index is 2.10. The lowest BCUT2D eigenvalue weighted by Crippen LogP contribution is -2.36. The number of nitrogens with zero attached hydrogens (tertiary/aromatic N) is 1. The van der Waals surface area contributed by atoms with E-state index >= 15 is 0 Å². The normalized spacial score (nSPS) is 15.6. The summed E-state index contributed by atoms with van der Waals surface area (Å²) in [5.41, 5.74) is 1.57. The molecule has 1 aromatic carbocycles. The topological polar surface area (TPSA) is 58.6 Å². The molecule has 0 aromatic heterocycles. The highest BCUT2D eigenvalue weighted by Gasteiger charge is 2.15. The smallest absolute Gasteiger partial charge is 0.232 e. The Morgan fingerprint density at radius 2 is 2.09 bits per heavy atom. The third kappa shape index (κ3) is 5.00. The van der Waals surface area contributed by atoms with E-state index in [4.69, 9.17) is 4.74 Å². The highest BCUT2D eigenvalue weighted by atomic mass is 79.9. The summed E-state index contributed by atoms with van der Waals surface area (Å²) in [6.07, 6.45) is 2.99. The largest absolute Gasteiger partial charge is 0.378 e. The van der Waals surface area contributed by atoms with Crippen LogP contribution in [-0.2, 0) is 14.8 Å². The average Bonchev–Trinajstić information content (AvgIpc) is 2.50. The van der Waals surface area contributed by atoms with Crippen LogP contribution in [0.5, 0.6) is 0 Å². The van der Waals surface area contributed by atoms with Crippen molar-refractivity contribution in [2.75, 3.05) is 41.7 Å². The first kappa shape index (κ1) is 17.3. The molecule has 1 saturated heterocycles. The van der Waals surface area contributed by atoms with Crippen molar-refractivity contribution in [1.29, 1.82) is 0 Å². The van der Waals surface area contributed by atoms with Crippen LogP contribution in [0.15, 0.2) is 35.3 Å². The lowest BCUT2D eigenvalue weighted by molar-refractivity contribution is 0.122. The molecule has 1 aromatic rings. The molecule has 1 aliphatic heterocycles. The van der Waals surface area contributed by atoms with Gasteiger partial charge < -0.3 is 9.64 Å². The highest BCUT2D eigenvalue weighted by Crippen LogP contribution is 2.29. The molecule has 1 fully saturated rings. The zero-order valence-corrected chi connectivity index (χ0v) is 14.8. The van der Waals surface area contributed by atoms with Gasteiger partial charge in [0, 0.05) is 23.2 Å². The molecule has 1 heterocycles. The molecule has 0 bridgehead atoms. The molecule has 1 N–H and O–H groups in total. The monoisotopic (exact) mass is 388 g/mol. The van der Waals surface area contributed by atoms with Crippen LogP contribution in [0.4, 0.5) is 11.4 Å². The van der Waals surface area contributed by atoms with Crippen molar-refractivity contribution in [2.45, 2.75) is 12.8 Å². The van der Waals surface area contributed by atoms with Crippen LogP contribution in [0.2, 0.25) is 0 Å². The zero-order valence-electron chi connectivity index (χ0n) is 12.4. The Bertz CT molecular complexity index is 613. The lowest BCUT2D eigenvalue weighted by atomic mass is 10.2. The molecular formula is C15H21BrN2O3S. The minimum absolute atomic E-state index is 0.0905. The first-order valence-corrected chi connectivity index (χ1v) is 9.70. The second kappa shape index (κ2) is 7.99. The van der Waals surface area contributed by atoms with Gasteiger partial charge in [-0.05, 0) is 47.0 Å². The molecule has 0 saturated carbocycles. The molecule has 7 heteroatoms. The molecular weight excluding hydrogens is 368 g/mol. The summed E-state index contributed by atoms with van der Waals surface area (Å²) in [7, 11) is -3.35. The maximum atomic E-state index is 12.1. The first-order valence-electron chi connectivity index (χ1n) is 7.25. The third-order valence-corrected chi connectivity index (χ3v) is 5.46. The van der Waals surface area contributed by atoms with Crippen LogP contribution in [0.3, 0.4) is 0 Å². The Morgan fingerprint density at radius 1 is 1.36 bits per heavy atom. The molecule has 1 aliphatic rings. The van der Waals surface area contributed by atoms with E-state index in [9.17, 15) is 8.42 Å². The quantitative estimate of drug-likeness (QED) is 0.576. The van der Waals surface area contributed by atoms with Crippen LogP contribution in [0.25, 0.3) is 0 Å². The van der Waals surface area contributed by atoms with Crippen LogP contribution in [-0.4, -0.2) is 40.5 Å². The van der Waals surface area contributed by atoms with Gasteiger partial charge in [-0.2, -0.15) is 0 Å². The number of rotatable bonds is 7. The van der Waals surface area contributed by atoms with Gasteiger partial charge in [-0.3, -0.25) is 4.72 Å². The van der Waals surface area contributed by atoms with Gasteiger partial charge >= 0.3 is 0 Å². The van der Waals surface area contributed by atoms with Crippen LogP contribution >= 0.6 is 15.9 Å². The molecule has 22 heavy (non-hydrogen) atoms. The third-order valence-electron chi connectivity index (χ3n) is 3.41. The summed E-state index contributed by atoms with van der Waals surface area (Å²) in [5.74, 6) is 0.0905. The summed E-state index contributed by atoms with van der Waals surface area (Å²) in [4.78, 5) is 2.19. The minimum Gasteiger partial charge on any atom is -0.378 e. The predicted molar refractivity (Wildman–Crippen MR) is 94.0 cm³/mol. The zero-order chi connectivity index (χ0) is 16.0. The number of ether oxygens (including phenoxy) is 1. The maximum Gasteiger partial charge on any atom is 0.232 e. The van der Waals surface area contributed by atoms with Gasteiger partial charge in [0.1, 0.15) is 0 Å². The second-order valence-corrected chi connectivity index (χ2v) is 7.81. The number of halogens is 1. The fourth-order valence-electron chi connectivity index (χ4n) is 2.25. The Morgan fingerprint density at radius 3 is 2.77 bits per heavy atom. The van der Waals surface area contributed by atoms with Gasteiger partial charge in [-0.1, -0.05) is 6.08 Å². The van der Waals surface area contributed by atoms with Crippen LogP contribution < -0.4 is 9.62 Å². The molecule has 0 atom stereocenters. The molecule has 0 spiro atoms. The molecule has 0 radical (unpaired) electrons. The number of sulfonamides is 1.